The Balaban J connectivity index is 1.89. The zero-order valence-corrected chi connectivity index (χ0v) is 12.3. The first-order valence-corrected chi connectivity index (χ1v) is 8.77. The highest BCUT2D eigenvalue weighted by Gasteiger charge is 2.46. The number of carbonyl (C=O) groups excluding carboxylic acids is 1. The molecule has 2 bridgehead atoms. The van der Waals surface area contributed by atoms with E-state index >= 15 is 0 Å². The lowest BCUT2D eigenvalue weighted by Gasteiger charge is -2.38. The number of hydrogen-bond acceptors (Lipinski definition) is 5. The first kappa shape index (κ1) is 14.2. The fourth-order valence-corrected chi connectivity index (χ4v) is 6.07. The zero-order valence-electron chi connectivity index (χ0n) is 11.5. The van der Waals surface area contributed by atoms with Gasteiger partial charge in [-0.3, -0.25) is 4.79 Å². The van der Waals surface area contributed by atoms with Gasteiger partial charge in [-0.15, -0.1) is 0 Å². The van der Waals surface area contributed by atoms with Crippen LogP contribution in [0, 0.1) is 17.2 Å². The first-order chi connectivity index (χ1) is 10.0. The van der Waals surface area contributed by atoms with Gasteiger partial charge in [-0.05, 0) is 37.8 Å². The van der Waals surface area contributed by atoms with E-state index in [0.717, 1.165) is 6.42 Å². The summed E-state index contributed by atoms with van der Waals surface area (Å²) in [6, 6.07) is 5.17. The second-order valence-electron chi connectivity index (χ2n) is 5.81. The quantitative estimate of drug-likeness (QED) is 0.778. The van der Waals surface area contributed by atoms with Crippen molar-refractivity contribution in [1.82, 2.24) is 4.98 Å². The van der Waals surface area contributed by atoms with Crippen LogP contribution in [0.15, 0.2) is 18.3 Å². The Kier molecular flexibility index (Phi) is 3.54. The molecule has 2 fully saturated rings. The summed E-state index contributed by atoms with van der Waals surface area (Å²) in [5.74, 6) is -0.438. The minimum Gasteiger partial charge on any atom is -0.294 e. The fraction of sp³-hybridized carbons (Fsp3) is 0.533. The van der Waals surface area contributed by atoms with Crippen molar-refractivity contribution in [3.05, 3.63) is 29.6 Å². The zero-order chi connectivity index (χ0) is 15.0. The molecule has 110 valence electrons. The molecule has 0 N–H and O–H groups in total. The van der Waals surface area contributed by atoms with Gasteiger partial charge in [-0.25, -0.2) is 13.4 Å². The van der Waals surface area contributed by atoms with E-state index in [9.17, 15) is 13.2 Å². The molecule has 6 heteroatoms. The molecule has 0 spiro atoms. The number of aromatic nitrogens is 1. The normalized spacial score (nSPS) is 30.3. The number of rotatable bonds is 2. The van der Waals surface area contributed by atoms with Crippen LogP contribution in [0.1, 0.15) is 48.2 Å². The first-order valence-electron chi connectivity index (χ1n) is 7.16. The minimum atomic E-state index is -3.06. The molecule has 0 aromatic carbocycles. The third-order valence-electron chi connectivity index (χ3n) is 4.63. The fourth-order valence-electron chi connectivity index (χ4n) is 3.54. The van der Waals surface area contributed by atoms with Crippen molar-refractivity contribution in [1.29, 1.82) is 5.26 Å². The lowest BCUT2D eigenvalue weighted by atomic mass is 9.84. The summed E-state index contributed by atoms with van der Waals surface area (Å²) in [6.07, 6.45) is 4.48. The van der Waals surface area contributed by atoms with Crippen molar-refractivity contribution in [3.63, 3.8) is 0 Å². The summed E-state index contributed by atoms with van der Waals surface area (Å²) in [4.78, 5) is 16.5. The van der Waals surface area contributed by atoms with Gasteiger partial charge in [-0.2, -0.15) is 5.26 Å². The number of sulfone groups is 1. The Labute approximate surface area is 123 Å². The van der Waals surface area contributed by atoms with Gasteiger partial charge in [0.2, 0.25) is 0 Å². The number of nitriles is 1. The number of pyridine rings is 1. The van der Waals surface area contributed by atoms with E-state index in [0.29, 0.717) is 31.2 Å². The van der Waals surface area contributed by atoms with Crippen LogP contribution >= 0.6 is 0 Å². The van der Waals surface area contributed by atoms with Gasteiger partial charge in [0.25, 0.3) is 0 Å². The molecule has 0 radical (unpaired) electrons. The second kappa shape index (κ2) is 5.23. The van der Waals surface area contributed by atoms with E-state index in [1.165, 1.54) is 6.20 Å². The molecule has 0 aliphatic carbocycles. The van der Waals surface area contributed by atoms with Crippen LogP contribution < -0.4 is 0 Å². The van der Waals surface area contributed by atoms with Gasteiger partial charge < -0.3 is 0 Å². The number of carbonyl (C=O) groups is 1. The number of hydrogen-bond donors (Lipinski definition) is 0. The van der Waals surface area contributed by atoms with E-state index in [2.05, 4.69) is 4.98 Å². The Morgan fingerprint density at radius 2 is 1.95 bits per heavy atom. The standard InChI is InChI=1S/C15H16N2O3S/c16-9-14-13(5-2-6-17-14)15(18)10-7-11-3-1-4-12(8-10)21(11,19)20/h2,5-6,10-12H,1,3-4,7-8H2. The summed E-state index contributed by atoms with van der Waals surface area (Å²) in [6.45, 7) is 0. The highest BCUT2D eigenvalue weighted by molar-refractivity contribution is 7.92. The monoisotopic (exact) mass is 304 g/mol. The molecule has 2 aliphatic rings. The molecule has 3 rings (SSSR count). The molecule has 3 heterocycles. The number of ketones is 1. The van der Waals surface area contributed by atoms with Crippen LogP contribution in [0.4, 0.5) is 0 Å². The molecule has 21 heavy (non-hydrogen) atoms. The SMILES string of the molecule is N#Cc1ncccc1C(=O)C1CC2CCCC(C1)S2(=O)=O. The summed E-state index contributed by atoms with van der Waals surface area (Å²) in [7, 11) is -3.06. The number of Topliss-reactive ketones (excluding diaryl/α,β-unsaturated/α-hetero) is 1. The number of nitrogens with zero attached hydrogens (tertiary/aromatic N) is 2. The van der Waals surface area contributed by atoms with Crippen molar-refractivity contribution in [2.75, 3.05) is 0 Å². The molecule has 2 aliphatic heterocycles. The van der Waals surface area contributed by atoms with Gasteiger partial charge >= 0.3 is 0 Å². The summed E-state index contributed by atoms with van der Waals surface area (Å²) in [5.41, 5.74) is 0.448. The Hall–Kier alpha value is -1.74. The molecular formula is C15H16N2O3S. The van der Waals surface area contributed by atoms with Crippen LogP contribution in [0.5, 0.6) is 0 Å². The van der Waals surface area contributed by atoms with Crippen molar-refractivity contribution in [2.24, 2.45) is 5.92 Å². The van der Waals surface area contributed by atoms with Gasteiger partial charge in [0.15, 0.2) is 21.3 Å². The Morgan fingerprint density at radius 1 is 1.29 bits per heavy atom. The van der Waals surface area contributed by atoms with Crippen LogP contribution in [-0.2, 0) is 9.84 Å². The maximum atomic E-state index is 12.6. The topological polar surface area (TPSA) is 87.9 Å². The van der Waals surface area contributed by atoms with Crippen molar-refractivity contribution >= 4 is 15.6 Å². The van der Waals surface area contributed by atoms with Gasteiger partial charge in [0.1, 0.15) is 6.07 Å². The Morgan fingerprint density at radius 3 is 2.57 bits per heavy atom. The highest BCUT2D eigenvalue weighted by atomic mass is 32.2. The molecule has 1 aromatic heterocycles. The molecule has 2 saturated heterocycles. The molecule has 0 saturated carbocycles. The third kappa shape index (κ3) is 2.36. The van der Waals surface area contributed by atoms with Crippen LogP contribution in [0.2, 0.25) is 0 Å². The van der Waals surface area contributed by atoms with Gasteiger partial charge in [0.05, 0.1) is 16.1 Å². The van der Waals surface area contributed by atoms with Crippen LogP contribution in [0.25, 0.3) is 0 Å². The van der Waals surface area contributed by atoms with Crippen molar-refractivity contribution in [2.45, 2.75) is 42.6 Å². The molecule has 1 aromatic rings. The largest absolute Gasteiger partial charge is 0.294 e. The van der Waals surface area contributed by atoms with Crippen LogP contribution in [-0.4, -0.2) is 29.7 Å². The van der Waals surface area contributed by atoms with Crippen molar-refractivity contribution < 1.29 is 13.2 Å². The van der Waals surface area contributed by atoms with Crippen LogP contribution in [0.3, 0.4) is 0 Å². The third-order valence-corrected chi connectivity index (χ3v) is 7.34. The lowest BCUT2D eigenvalue weighted by Crippen LogP contribution is -2.45. The molecular weight excluding hydrogens is 288 g/mol. The van der Waals surface area contributed by atoms with E-state index in [4.69, 9.17) is 5.26 Å². The van der Waals surface area contributed by atoms with Crippen molar-refractivity contribution in [3.8, 4) is 6.07 Å². The predicted octanol–water partition coefficient (Wildman–Crippen LogP) is 1.88. The molecule has 0 amide bonds. The average Bonchev–Trinajstić information content (AvgIpc) is 2.45. The molecule has 2 atom stereocenters. The number of fused-ring (bicyclic) bond motifs is 2. The lowest BCUT2D eigenvalue weighted by molar-refractivity contribution is 0.0893. The maximum absolute atomic E-state index is 12.6. The average molecular weight is 304 g/mol. The second-order valence-corrected chi connectivity index (χ2v) is 8.32. The highest BCUT2D eigenvalue weighted by Crippen LogP contribution is 2.40. The molecule has 5 nitrogen and oxygen atoms in total. The summed E-state index contributed by atoms with van der Waals surface area (Å²) >= 11 is 0. The van der Waals surface area contributed by atoms with E-state index in [1.807, 2.05) is 6.07 Å². The molecule has 2 unspecified atom stereocenters. The van der Waals surface area contributed by atoms with E-state index in [1.54, 1.807) is 12.1 Å². The minimum absolute atomic E-state index is 0.126. The summed E-state index contributed by atoms with van der Waals surface area (Å²) < 4.78 is 24.5. The van der Waals surface area contributed by atoms with E-state index in [-0.39, 0.29) is 27.9 Å². The van der Waals surface area contributed by atoms with Gasteiger partial charge in [0, 0.05) is 12.1 Å². The summed E-state index contributed by atoms with van der Waals surface area (Å²) in [5, 5.41) is 8.27. The maximum Gasteiger partial charge on any atom is 0.168 e. The predicted molar refractivity (Wildman–Crippen MR) is 76.4 cm³/mol. The van der Waals surface area contributed by atoms with E-state index < -0.39 is 9.84 Å². The van der Waals surface area contributed by atoms with Gasteiger partial charge in [-0.1, -0.05) is 6.42 Å². The Bertz CT molecular complexity index is 701. The smallest absolute Gasteiger partial charge is 0.168 e.